The average molecular weight is 386 g/mol. The zero-order chi connectivity index (χ0) is 14.7. The molecule has 0 unspecified atom stereocenters. The van der Waals surface area contributed by atoms with Gasteiger partial charge in [-0.3, -0.25) is 0 Å². The standard InChI is InChI=1S/C15H19IN2O2/c1-4-20-15(19)14-13(16)11-7-5-6-8-12(11)18(14)10-9-17(2)3/h5-8H,4,9-10H2,1-3H3. The van der Waals surface area contributed by atoms with Crippen LogP contribution < -0.4 is 0 Å². The summed E-state index contributed by atoms with van der Waals surface area (Å²) in [4.78, 5) is 14.3. The largest absolute Gasteiger partial charge is 0.461 e. The molecule has 0 fully saturated rings. The molecule has 0 amide bonds. The summed E-state index contributed by atoms with van der Waals surface area (Å²) in [7, 11) is 4.06. The second-order valence-corrected chi connectivity index (χ2v) is 5.93. The zero-order valence-corrected chi connectivity index (χ0v) is 14.2. The first-order chi connectivity index (χ1) is 9.56. The van der Waals surface area contributed by atoms with Crippen molar-refractivity contribution < 1.29 is 9.53 Å². The Bertz CT molecular complexity index is 620. The van der Waals surface area contributed by atoms with Crippen LogP contribution in [0.4, 0.5) is 0 Å². The van der Waals surface area contributed by atoms with Crippen LogP contribution in [0, 0.1) is 3.57 Å². The summed E-state index contributed by atoms with van der Waals surface area (Å²) >= 11 is 2.24. The number of benzene rings is 1. The fourth-order valence-corrected chi connectivity index (χ4v) is 3.16. The molecule has 0 saturated carbocycles. The van der Waals surface area contributed by atoms with E-state index in [9.17, 15) is 4.79 Å². The predicted octanol–water partition coefficient (Wildman–Crippen LogP) is 2.98. The molecule has 0 aliphatic rings. The van der Waals surface area contributed by atoms with E-state index in [2.05, 4.69) is 38.1 Å². The third-order valence-corrected chi connectivity index (χ3v) is 4.24. The molecule has 0 radical (unpaired) electrons. The van der Waals surface area contributed by atoms with Crippen molar-refractivity contribution in [1.29, 1.82) is 0 Å². The fourth-order valence-electron chi connectivity index (χ4n) is 2.19. The second-order valence-electron chi connectivity index (χ2n) is 4.86. The van der Waals surface area contributed by atoms with E-state index < -0.39 is 0 Å². The molecule has 2 rings (SSSR count). The van der Waals surface area contributed by atoms with Gasteiger partial charge in [-0.25, -0.2) is 4.79 Å². The van der Waals surface area contributed by atoms with Gasteiger partial charge >= 0.3 is 5.97 Å². The third kappa shape index (κ3) is 2.98. The number of carbonyl (C=O) groups excluding carboxylic acids is 1. The number of carbonyl (C=O) groups is 1. The van der Waals surface area contributed by atoms with Crippen LogP contribution in [0.15, 0.2) is 24.3 Å². The number of ether oxygens (including phenoxy) is 1. The summed E-state index contributed by atoms with van der Waals surface area (Å²) < 4.78 is 8.24. The lowest BCUT2D eigenvalue weighted by atomic mass is 10.2. The molecule has 0 bridgehead atoms. The Labute approximate surface area is 132 Å². The van der Waals surface area contributed by atoms with Crippen molar-refractivity contribution in [2.45, 2.75) is 13.5 Å². The maximum Gasteiger partial charge on any atom is 0.356 e. The number of hydrogen-bond donors (Lipinski definition) is 0. The Kier molecular flexibility index (Phi) is 5.04. The van der Waals surface area contributed by atoms with Crippen molar-refractivity contribution in [3.63, 3.8) is 0 Å². The Morgan fingerprint density at radius 1 is 1.35 bits per heavy atom. The first-order valence-electron chi connectivity index (χ1n) is 6.64. The maximum absolute atomic E-state index is 12.2. The monoisotopic (exact) mass is 386 g/mol. The van der Waals surface area contributed by atoms with Gasteiger partial charge in [-0.15, -0.1) is 0 Å². The molecule has 2 aromatic rings. The molecular weight excluding hydrogens is 367 g/mol. The molecule has 0 aliphatic heterocycles. The van der Waals surface area contributed by atoms with Gasteiger partial charge in [0, 0.05) is 24.0 Å². The molecular formula is C15H19IN2O2. The molecule has 0 saturated heterocycles. The lowest BCUT2D eigenvalue weighted by Gasteiger charge is -2.14. The van der Waals surface area contributed by atoms with E-state index in [1.165, 1.54) is 0 Å². The molecule has 5 heteroatoms. The number of halogens is 1. The van der Waals surface area contributed by atoms with E-state index in [1.807, 2.05) is 39.2 Å². The van der Waals surface area contributed by atoms with Crippen LogP contribution in [0.5, 0.6) is 0 Å². The average Bonchev–Trinajstić information content (AvgIpc) is 2.70. The van der Waals surface area contributed by atoms with E-state index in [-0.39, 0.29) is 5.97 Å². The van der Waals surface area contributed by atoms with Crippen LogP contribution >= 0.6 is 22.6 Å². The van der Waals surface area contributed by atoms with Gasteiger partial charge in [-0.05, 0) is 49.7 Å². The minimum atomic E-state index is -0.244. The minimum absolute atomic E-state index is 0.244. The van der Waals surface area contributed by atoms with Crippen molar-refractivity contribution in [3.05, 3.63) is 33.5 Å². The van der Waals surface area contributed by atoms with E-state index >= 15 is 0 Å². The number of rotatable bonds is 5. The lowest BCUT2D eigenvalue weighted by molar-refractivity contribution is 0.0512. The van der Waals surface area contributed by atoms with Gasteiger partial charge < -0.3 is 14.2 Å². The zero-order valence-electron chi connectivity index (χ0n) is 12.0. The summed E-state index contributed by atoms with van der Waals surface area (Å²) in [6, 6.07) is 8.09. The van der Waals surface area contributed by atoms with E-state index in [4.69, 9.17) is 4.74 Å². The number of aromatic nitrogens is 1. The molecule has 0 spiro atoms. The van der Waals surface area contributed by atoms with Crippen LogP contribution in [0.3, 0.4) is 0 Å². The number of fused-ring (bicyclic) bond motifs is 1. The number of esters is 1. The highest BCUT2D eigenvalue weighted by atomic mass is 127. The predicted molar refractivity (Wildman–Crippen MR) is 89.2 cm³/mol. The minimum Gasteiger partial charge on any atom is -0.461 e. The molecule has 0 atom stereocenters. The number of hydrogen-bond acceptors (Lipinski definition) is 3. The summed E-state index contributed by atoms with van der Waals surface area (Å²) in [5, 5.41) is 1.11. The van der Waals surface area contributed by atoms with E-state index in [0.29, 0.717) is 12.3 Å². The van der Waals surface area contributed by atoms with Crippen molar-refractivity contribution in [1.82, 2.24) is 9.47 Å². The van der Waals surface area contributed by atoms with E-state index in [1.54, 1.807) is 0 Å². The van der Waals surface area contributed by atoms with E-state index in [0.717, 1.165) is 27.6 Å². The molecule has 4 nitrogen and oxygen atoms in total. The van der Waals surface area contributed by atoms with Gasteiger partial charge in [0.05, 0.1) is 10.2 Å². The molecule has 1 aromatic heterocycles. The quantitative estimate of drug-likeness (QED) is 0.586. The number of likely N-dealkylation sites (N-methyl/N-ethyl adjacent to an activating group) is 1. The first kappa shape index (κ1) is 15.3. The Morgan fingerprint density at radius 3 is 2.70 bits per heavy atom. The van der Waals surface area contributed by atoms with Crippen LogP contribution in [0.1, 0.15) is 17.4 Å². The summed E-state index contributed by atoms with van der Waals surface area (Å²) in [6.45, 7) is 3.87. The van der Waals surface area contributed by atoms with Gasteiger partial charge in [-0.2, -0.15) is 0 Å². The van der Waals surface area contributed by atoms with Crippen LogP contribution in [0.25, 0.3) is 10.9 Å². The Morgan fingerprint density at radius 2 is 2.05 bits per heavy atom. The van der Waals surface area contributed by atoms with Crippen LogP contribution in [-0.2, 0) is 11.3 Å². The highest BCUT2D eigenvalue weighted by molar-refractivity contribution is 14.1. The Balaban J connectivity index is 2.54. The van der Waals surface area contributed by atoms with Crippen molar-refractivity contribution in [3.8, 4) is 0 Å². The fraction of sp³-hybridized carbons (Fsp3) is 0.400. The normalized spacial score (nSPS) is 11.2. The van der Waals surface area contributed by atoms with Crippen LogP contribution in [0.2, 0.25) is 0 Å². The highest BCUT2D eigenvalue weighted by Crippen LogP contribution is 2.28. The molecule has 0 N–H and O–H groups in total. The van der Waals surface area contributed by atoms with Gasteiger partial charge in [0.1, 0.15) is 5.69 Å². The first-order valence-corrected chi connectivity index (χ1v) is 7.72. The Hall–Kier alpha value is -1.08. The van der Waals surface area contributed by atoms with Gasteiger partial charge in [0.15, 0.2) is 0 Å². The van der Waals surface area contributed by atoms with Gasteiger partial charge in [0.25, 0.3) is 0 Å². The van der Waals surface area contributed by atoms with Crippen molar-refractivity contribution in [2.75, 3.05) is 27.2 Å². The third-order valence-electron chi connectivity index (χ3n) is 3.15. The second kappa shape index (κ2) is 6.58. The molecule has 1 heterocycles. The topological polar surface area (TPSA) is 34.5 Å². The summed E-state index contributed by atoms with van der Waals surface area (Å²) in [5.74, 6) is -0.244. The van der Waals surface area contributed by atoms with Crippen molar-refractivity contribution >= 4 is 39.5 Å². The molecule has 20 heavy (non-hydrogen) atoms. The van der Waals surface area contributed by atoms with Crippen molar-refractivity contribution in [2.24, 2.45) is 0 Å². The lowest BCUT2D eigenvalue weighted by Crippen LogP contribution is -2.21. The molecule has 1 aromatic carbocycles. The van der Waals surface area contributed by atoms with Gasteiger partial charge in [0.2, 0.25) is 0 Å². The smallest absolute Gasteiger partial charge is 0.356 e. The number of para-hydroxylation sites is 1. The highest BCUT2D eigenvalue weighted by Gasteiger charge is 2.21. The maximum atomic E-state index is 12.2. The SMILES string of the molecule is CCOC(=O)c1c(I)c2ccccc2n1CCN(C)C. The summed E-state index contributed by atoms with van der Waals surface area (Å²) in [6.07, 6.45) is 0. The molecule has 108 valence electrons. The number of nitrogens with zero attached hydrogens (tertiary/aromatic N) is 2. The molecule has 0 aliphatic carbocycles. The van der Waals surface area contributed by atoms with Crippen LogP contribution in [-0.4, -0.2) is 42.7 Å². The summed E-state index contributed by atoms with van der Waals surface area (Å²) in [5.41, 5.74) is 1.75. The van der Waals surface area contributed by atoms with Gasteiger partial charge in [-0.1, -0.05) is 18.2 Å².